The predicted molar refractivity (Wildman–Crippen MR) is 256 cm³/mol. The maximum Gasteiger partial charge on any atom is 0.207 e. The van der Waals surface area contributed by atoms with Crippen LogP contribution in [0.15, 0.2) is 204 Å². The SMILES string of the molecule is O=S1(=O)c2ccccc2C2(c3ccc(N(c4ccc(-c5ccccc5)cc4)c4ccc(-c5ccc(-n6c7ccccc7c7ccccc76)cc5)cc4)cc31)C1CC3CC(C1)CC2C3. The van der Waals surface area contributed by atoms with E-state index in [0.717, 1.165) is 68.0 Å². The molecule has 0 saturated heterocycles. The predicted octanol–water partition coefficient (Wildman–Crippen LogP) is 14.5. The molecule has 63 heavy (non-hydrogen) atoms. The number of fused-ring (bicyclic) bond motifs is 5. The number of nitrogens with zero attached hydrogens (tertiary/aromatic N) is 2. The second-order valence-corrected chi connectivity index (χ2v) is 20.5. The Hall–Kier alpha value is -6.69. The van der Waals surface area contributed by atoms with Crippen molar-refractivity contribution in [3.8, 4) is 27.9 Å². The zero-order valence-electron chi connectivity index (χ0n) is 34.9. The molecule has 8 aromatic carbocycles. The monoisotopic (exact) mass is 834 g/mol. The fourth-order valence-electron chi connectivity index (χ4n) is 13.0. The highest BCUT2D eigenvalue weighted by molar-refractivity contribution is 7.91. The topological polar surface area (TPSA) is 42.3 Å². The van der Waals surface area contributed by atoms with Crippen LogP contribution < -0.4 is 4.90 Å². The molecule has 4 aliphatic carbocycles. The summed E-state index contributed by atoms with van der Waals surface area (Å²) in [6.45, 7) is 0. The minimum atomic E-state index is -3.79. The van der Waals surface area contributed by atoms with Crippen LogP contribution in [0, 0.1) is 23.7 Å². The summed E-state index contributed by atoms with van der Waals surface area (Å²) < 4.78 is 32.3. The molecule has 0 atom stereocenters. The van der Waals surface area contributed by atoms with Gasteiger partial charge in [0.2, 0.25) is 9.84 Å². The highest BCUT2D eigenvalue weighted by Crippen LogP contribution is 2.68. The van der Waals surface area contributed by atoms with Gasteiger partial charge < -0.3 is 9.47 Å². The Bertz CT molecular complexity index is 3270. The largest absolute Gasteiger partial charge is 0.310 e. The second-order valence-electron chi connectivity index (χ2n) is 18.6. The third-order valence-electron chi connectivity index (χ3n) is 15.4. The molecule has 0 unspecified atom stereocenters. The first kappa shape index (κ1) is 36.9. The van der Waals surface area contributed by atoms with Gasteiger partial charge in [-0.3, -0.25) is 0 Å². The van der Waals surface area contributed by atoms with Crippen LogP contribution in [0.3, 0.4) is 0 Å². The highest BCUT2D eigenvalue weighted by atomic mass is 32.2. The molecule has 1 spiro atoms. The molecule has 4 nitrogen and oxygen atoms in total. The summed E-state index contributed by atoms with van der Waals surface area (Å²) in [6.07, 6.45) is 6.12. The maximum atomic E-state index is 15.0. The number of hydrogen-bond donors (Lipinski definition) is 0. The summed E-state index contributed by atoms with van der Waals surface area (Å²) in [5.74, 6) is 2.45. The van der Waals surface area contributed by atoms with Gasteiger partial charge in [-0.25, -0.2) is 8.42 Å². The Labute approximate surface area is 369 Å². The molecule has 4 saturated carbocycles. The minimum absolute atomic E-state index is 0.274. The van der Waals surface area contributed by atoms with Crippen molar-refractivity contribution in [3.05, 3.63) is 205 Å². The summed E-state index contributed by atoms with van der Waals surface area (Å²) >= 11 is 0. The average molecular weight is 835 g/mol. The fourth-order valence-corrected chi connectivity index (χ4v) is 14.8. The number of anilines is 3. The van der Waals surface area contributed by atoms with Crippen molar-refractivity contribution in [1.29, 1.82) is 0 Å². The van der Waals surface area contributed by atoms with Gasteiger partial charge >= 0.3 is 0 Å². The van der Waals surface area contributed by atoms with Gasteiger partial charge in [-0.2, -0.15) is 0 Å². The summed E-state index contributed by atoms with van der Waals surface area (Å²) in [4.78, 5) is 3.22. The number of aromatic nitrogens is 1. The van der Waals surface area contributed by atoms with E-state index in [1.807, 2.05) is 24.3 Å². The van der Waals surface area contributed by atoms with Crippen molar-refractivity contribution in [2.75, 3.05) is 4.90 Å². The Morgan fingerprint density at radius 1 is 0.429 bits per heavy atom. The van der Waals surface area contributed by atoms with E-state index in [2.05, 4.69) is 179 Å². The van der Waals surface area contributed by atoms with Gasteiger partial charge in [-0.15, -0.1) is 0 Å². The summed E-state index contributed by atoms with van der Waals surface area (Å²) in [7, 11) is -3.79. The number of rotatable bonds is 6. The van der Waals surface area contributed by atoms with Crippen LogP contribution >= 0.6 is 0 Å². The van der Waals surface area contributed by atoms with E-state index in [1.165, 1.54) is 53.9 Å². The second kappa shape index (κ2) is 13.9. The van der Waals surface area contributed by atoms with E-state index in [-0.39, 0.29) is 5.41 Å². The molecular formula is C58H46N2O2S. The van der Waals surface area contributed by atoms with Crippen molar-refractivity contribution < 1.29 is 8.42 Å². The first-order chi connectivity index (χ1) is 30.9. The molecule has 0 radical (unpaired) electrons. The molecule has 4 fully saturated rings. The van der Waals surface area contributed by atoms with Crippen LogP contribution in [0.1, 0.15) is 43.2 Å². The molecule has 2 heterocycles. The van der Waals surface area contributed by atoms with Gasteiger partial charge in [0, 0.05) is 38.9 Å². The molecule has 14 rings (SSSR count). The van der Waals surface area contributed by atoms with Crippen molar-refractivity contribution in [3.63, 3.8) is 0 Å². The standard InChI is InChI=1S/C58H46N2O2S/c61-63(62)56-17-9-6-14-52(56)58(44-33-38-32-39(35-44)36-45(58)34-38)53-31-30-49(37-57(53)63)59(46-24-18-41(19-25-46)40-10-2-1-3-11-40)47-26-20-42(21-27-47)43-22-28-48(29-23-43)60-54-15-7-4-12-50(54)51-13-5-8-16-55(51)60/h1-31,37-39,44-45H,32-36H2. The molecule has 1 aromatic heterocycles. The van der Waals surface area contributed by atoms with Crippen LogP contribution in [0.25, 0.3) is 49.7 Å². The van der Waals surface area contributed by atoms with Gasteiger partial charge in [-0.05, 0) is 156 Å². The first-order valence-corrected chi connectivity index (χ1v) is 24.1. The van der Waals surface area contributed by atoms with E-state index in [1.54, 1.807) is 0 Å². The van der Waals surface area contributed by atoms with Crippen molar-refractivity contribution in [1.82, 2.24) is 4.57 Å². The maximum absolute atomic E-state index is 15.0. The molecule has 9 aromatic rings. The van der Waals surface area contributed by atoms with Gasteiger partial charge in [0.15, 0.2) is 0 Å². The number of sulfone groups is 1. The third-order valence-corrected chi connectivity index (χ3v) is 17.3. The lowest BCUT2D eigenvalue weighted by Gasteiger charge is -2.63. The van der Waals surface area contributed by atoms with Gasteiger partial charge in [0.25, 0.3) is 0 Å². The molecule has 0 N–H and O–H groups in total. The Morgan fingerprint density at radius 2 is 0.889 bits per heavy atom. The quantitative estimate of drug-likeness (QED) is 0.168. The average Bonchev–Trinajstić information content (AvgIpc) is 3.67. The van der Waals surface area contributed by atoms with E-state index >= 15 is 0 Å². The summed E-state index contributed by atoms with van der Waals surface area (Å²) in [5.41, 5.74) is 12.6. The Morgan fingerprint density at radius 3 is 1.48 bits per heavy atom. The highest BCUT2D eigenvalue weighted by Gasteiger charge is 2.62. The number of benzene rings is 8. The third kappa shape index (κ3) is 5.48. The van der Waals surface area contributed by atoms with E-state index < -0.39 is 9.84 Å². The zero-order valence-corrected chi connectivity index (χ0v) is 35.8. The molecule has 5 aliphatic rings. The molecule has 306 valence electrons. The van der Waals surface area contributed by atoms with Gasteiger partial charge in [-0.1, -0.05) is 127 Å². The van der Waals surface area contributed by atoms with Crippen LogP contribution in [0.2, 0.25) is 0 Å². The number of para-hydroxylation sites is 2. The van der Waals surface area contributed by atoms with Gasteiger partial charge in [0.1, 0.15) is 0 Å². The summed E-state index contributed by atoms with van der Waals surface area (Å²) in [5, 5.41) is 2.50. The van der Waals surface area contributed by atoms with Crippen molar-refractivity contribution in [2.24, 2.45) is 23.7 Å². The van der Waals surface area contributed by atoms with E-state index in [0.29, 0.717) is 21.6 Å². The first-order valence-electron chi connectivity index (χ1n) is 22.6. The summed E-state index contributed by atoms with van der Waals surface area (Å²) in [6, 6.07) is 68.3. The minimum Gasteiger partial charge on any atom is -0.310 e. The fraction of sp³-hybridized carbons (Fsp3) is 0.172. The normalized spacial score (nSPS) is 22.6. The van der Waals surface area contributed by atoms with Crippen molar-refractivity contribution in [2.45, 2.75) is 47.3 Å². The molecular weight excluding hydrogens is 789 g/mol. The molecule has 5 heteroatoms. The lowest BCUT2D eigenvalue weighted by atomic mass is 9.42. The Kier molecular flexibility index (Phi) is 8.15. The van der Waals surface area contributed by atoms with Crippen LogP contribution in [0.4, 0.5) is 17.1 Å². The van der Waals surface area contributed by atoms with Crippen LogP contribution in [-0.4, -0.2) is 13.0 Å². The smallest absolute Gasteiger partial charge is 0.207 e. The van der Waals surface area contributed by atoms with Crippen LogP contribution in [-0.2, 0) is 15.3 Å². The Balaban J connectivity index is 0.915. The molecule has 0 amide bonds. The lowest BCUT2D eigenvalue weighted by molar-refractivity contribution is -0.0446. The van der Waals surface area contributed by atoms with E-state index in [4.69, 9.17) is 0 Å². The van der Waals surface area contributed by atoms with Crippen molar-refractivity contribution >= 4 is 48.7 Å². The van der Waals surface area contributed by atoms with Gasteiger partial charge in [0.05, 0.1) is 20.8 Å². The van der Waals surface area contributed by atoms with E-state index in [9.17, 15) is 8.42 Å². The van der Waals surface area contributed by atoms with Crippen LogP contribution in [0.5, 0.6) is 0 Å². The zero-order chi connectivity index (χ0) is 41.9. The lowest BCUT2D eigenvalue weighted by Crippen LogP contribution is -2.57. The molecule has 4 bridgehead atoms. The number of hydrogen-bond acceptors (Lipinski definition) is 3. The molecule has 1 aliphatic heterocycles.